The van der Waals surface area contributed by atoms with E-state index in [-0.39, 0.29) is 5.25 Å². The summed E-state index contributed by atoms with van der Waals surface area (Å²) in [6.07, 6.45) is 1.69. The Morgan fingerprint density at radius 1 is 1.56 bits per heavy atom. The predicted molar refractivity (Wildman–Crippen MR) is 66.0 cm³/mol. The van der Waals surface area contributed by atoms with Gasteiger partial charge in [-0.2, -0.15) is 11.3 Å². The highest BCUT2D eigenvalue weighted by Gasteiger charge is 2.26. The fraction of sp³-hybridized carbons (Fsp3) is 0.600. The highest BCUT2D eigenvalue weighted by molar-refractivity contribution is 7.90. The van der Waals surface area contributed by atoms with Crippen LogP contribution in [0.25, 0.3) is 0 Å². The molecule has 2 N–H and O–H groups in total. The fourth-order valence-electron chi connectivity index (χ4n) is 1.78. The maximum Gasteiger partial charge on any atom is 0.216 e. The minimum Gasteiger partial charge on any atom is -0.315 e. The molecule has 1 atom stereocenters. The minimum absolute atomic E-state index is 0.278. The molecular formula is C10H16N2O2S2. The van der Waals surface area contributed by atoms with Crippen LogP contribution < -0.4 is 10.0 Å². The SMILES string of the molecule is O=S(=O)(NCc1ccsc1)C1CCCNC1. The monoisotopic (exact) mass is 260 g/mol. The van der Waals surface area contributed by atoms with Crippen LogP contribution in [0.15, 0.2) is 16.8 Å². The number of nitrogens with one attached hydrogen (secondary N) is 2. The van der Waals surface area contributed by atoms with Gasteiger partial charge in [-0.15, -0.1) is 0 Å². The first-order chi connectivity index (χ1) is 7.68. The van der Waals surface area contributed by atoms with Gasteiger partial charge in [0.15, 0.2) is 0 Å². The molecule has 0 amide bonds. The van der Waals surface area contributed by atoms with E-state index in [1.165, 1.54) is 0 Å². The van der Waals surface area contributed by atoms with Crippen LogP contribution >= 0.6 is 11.3 Å². The van der Waals surface area contributed by atoms with Crippen molar-refractivity contribution in [2.24, 2.45) is 0 Å². The Morgan fingerprint density at radius 2 is 2.44 bits per heavy atom. The van der Waals surface area contributed by atoms with E-state index in [0.29, 0.717) is 13.1 Å². The zero-order chi connectivity index (χ0) is 11.4. The van der Waals surface area contributed by atoms with Crippen molar-refractivity contribution in [1.82, 2.24) is 10.0 Å². The molecule has 0 saturated carbocycles. The van der Waals surface area contributed by atoms with E-state index in [0.717, 1.165) is 24.9 Å². The van der Waals surface area contributed by atoms with Crippen molar-refractivity contribution in [3.8, 4) is 0 Å². The van der Waals surface area contributed by atoms with E-state index in [1.807, 2.05) is 16.8 Å². The highest BCUT2D eigenvalue weighted by Crippen LogP contribution is 2.12. The molecule has 90 valence electrons. The maximum atomic E-state index is 11.9. The summed E-state index contributed by atoms with van der Waals surface area (Å²) in [5, 5.41) is 6.75. The first-order valence-electron chi connectivity index (χ1n) is 5.39. The van der Waals surface area contributed by atoms with Gasteiger partial charge in [0.05, 0.1) is 5.25 Å². The van der Waals surface area contributed by atoms with E-state index in [1.54, 1.807) is 11.3 Å². The lowest BCUT2D eigenvalue weighted by Gasteiger charge is -2.22. The summed E-state index contributed by atoms with van der Waals surface area (Å²) in [4.78, 5) is 0. The number of thiophene rings is 1. The van der Waals surface area contributed by atoms with Crippen LogP contribution in [0.3, 0.4) is 0 Å². The summed E-state index contributed by atoms with van der Waals surface area (Å²) in [6.45, 7) is 1.90. The van der Waals surface area contributed by atoms with Crippen LogP contribution in [0, 0.1) is 0 Å². The Morgan fingerprint density at radius 3 is 3.06 bits per heavy atom. The molecule has 0 aromatic carbocycles. The second kappa shape index (κ2) is 5.27. The molecule has 1 aliphatic rings. The van der Waals surface area contributed by atoms with E-state index >= 15 is 0 Å². The molecular weight excluding hydrogens is 244 g/mol. The molecule has 0 aliphatic carbocycles. The number of piperidine rings is 1. The van der Waals surface area contributed by atoms with Crippen molar-refractivity contribution in [2.75, 3.05) is 13.1 Å². The van der Waals surface area contributed by atoms with Gasteiger partial charge in [0.25, 0.3) is 0 Å². The van der Waals surface area contributed by atoms with Gasteiger partial charge >= 0.3 is 0 Å². The lowest BCUT2D eigenvalue weighted by atomic mass is 10.2. The molecule has 0 bridgehead atoms. The zero-order valence-corrected chi connectivity index (χ0v) is 10.6. The van der Waals surface area contributed by atoms with E-state index in [2.05, 4.69) is 10.0 Å². The average Bonchev–Trinajstić information content (AvgIpc) is 2.81. The second-order valence-electron chi connectivity index (χ2n) is 3.97. The summed E-state index contributed by atoms with van der Waals surface area (Å²) >= 11 is 1.58. The van der Waals surface area contributed by atoms with Crippen LogP contribution in [0.4, 0.5) is 0 Å². The lowest BCUT2D eigenvalue weighted by Crippen LogP contribution is -2.43. The third kappa shape index (κ3) is 3.04. The van der Waals surface area contributed by atoms with Crippen LogP contribution in [-0.4, -0.2) is 26.8 Å². The third-order valence-electron chi connectivity index (χ3n) is 2.75. The molecule has 1 aliphatic heterocycles. The highest BCUT2D eigenvalue weighted by atomic mass is 32.2. The fourth-order valence-corrected chi connectivity index (χ4v) is 3.87. The smallest absolute Gasteiger partial charge is 0.216 e. The molecule has 1 unspecified atom stereocenters. The number of sulfonamides is 1. The first-order valence-corrected chi connectivity index (χ1v) is 7.88. The predicted octanol–water partition coefficient (Wildman–Crippen LogP) is 0.919. The van der Waals surface area contributed by atoms with Crippen molar-refractivity contribution in [1.29, 1.82) is 0 Å². The quantitative estimate of drug-likeness (QED) is 0.846. The van der Waals surface area contributed by atoms with Gasteiger partial charge in [0, 0.05) is 13.1 Å². The van der Waals surface area contributed by atoms with Gasteiger partial charge in [0.2, 0.25) is 10.0 Å². The molecule has 1 aromatic heterocycles. The van der Waals surface area contributed by atoms with Crippen molar-refractivity contribution >= 4 is 21.4 Å². The van der Waals surface area contributed by atoms with Crippen molar-refractivity contribution in [2.45, 2.75) is 24.6 Å². The number of rotatable bonds is 4. The van der Waals surface area contributed by atoms with Gasteiger partial charge in [-0.25, -0.2) is 13.1 Å². The van der Waals surface area contributed by atoms with E-state index in [9.17, 15) is 8.42 Å². The molecule has 2 rings (SSSR count). The molecule has 16 heavy (non-hydrogen) atoms. The molecule has 0 spiro atoms. The van der Waals surface area contributed by atoms with Crippen LogP contribution in [0.1, 0.15) is 18.4 Å². The molecule has 1 saturated heterocycles. The molecule has 6 heteroatoms. The van der Waals surface area contributed by atoms with Crippen LogP contribution in [0.5, 0.6) is 0 Å². The Labute approximate surface area is 100 Å². The maximum absolute atomic E-state index is 11.9. The van der Waals surface area contributed by atoms with Gasteiger partial charge in [-0.05, 0) is 41.8 Å². The summed E-state index contributed by atoms with van der Waals surface area (Å²) in [5.74, 6) is 0. The van der Waals surface area contributed by atoms with Crippen molar-refractivity contribution in [3.63, 3.8) is 0 Å². The topological polar surface area (TPSA) is 58.2 Å². The Hall–Kier alpha value is -0.430. The average molecular weight is 260 g/mol. The van der Waals surface area contributed by atoms with Crippen molar-refractivity contribution in [3.05, 3.63) is 22.4 Å². The second-order valence-corrected chi connectivity index (χ2v) is 6.79. The van der Waals surface area contributed by atoms with Gasteiger partial charge in [-0.1, -0.05) is 0 Å². The zero-order valence-electron chi connectivity index (χ0n) is 8.98. The molecule has 1 fully saturated rings. The standard InChI is InChI=1S/C10H16N2O2S2/c13-16(14,10-2-1-4-11-7-10)12-6-9-3-5-15-8-9/h3,5,8,10-12H,1-2,4,6-7H2. The third-order valence-corrected chi connectivity index (χ3v) is 5.31. The minimum atomic E-state index is -3.17. The van der Waals surface area contributed by atoms with E-state index < -0.39 is 10.0 Å². The van der Waals surface area contributed by atoms with Crippen LogP contribution in [0.2, 0.25) is 0 Å². The molecule has 2 heterocycles. The Balaban J connectivity index is 1.91. The summed E-state index contributed by atoms with van der Waals surface area (Å²) in [7, 11) is -3.17. The van der Waals surface area contributed by atoms with Crippen molar-refractivity contribution < 1.29 is 8.42 Å². The molecule has 0 radical (unpaired) electrons. The Bertz CT molecular complexity index is 408. The van der Waals surface area contributed by atoms with E-state index in [4.69, 9.17) is 0 Å². The normalized spacial score (nSPS) is 22.1. The van der Waals surface area contributed by atoms with Gasteiger partial charge < -0.3 is 5.32 Å². The Kier molecular flexibility index (Phi) is 3.96. The van der Waals surface area contributed by atoms with Crippen LogP contribution in [-0.2, 0) is 16.6 Å². The lowest BCUT2D eigenvalue weighted by molar-refractivity contribution is 0.490. The number of hydrogen-bond donors (Lipinski definition) is 2. The largest absolute Gasteiger partial charge is 0.315 e. The van der Waals surface area contributed by atoms with Gasteiger partial charge in [-0.3, -0.25) is 0 Å². The summed E-state index contributed by atoms with van der Waals surface area (Å²) < 4.78 is 26.5. The first kappa shape index (κ1) is 12.0. The molecule has 1 aromatic rings. The summed E-state index contributed by atoms with van der Waals surface area (Å²) in [5.41, 5.74) is 1.03. The molecule has 4 nitrogen and oxygen atoms in total. The summed E-state index contributed by atoms with van der Waals surface area (Å²) in [6, 6.07) is 1.94. The van der Waals surface area contributed by atoms with Gasteiger partial charge in [0.1, 0.15) is 0 Å². The number of hydrogen-bond acceptors (Lipinski definition) is 4.